The second kappa shape index (κ2) is 6.33. The summed E-state index contributed by atoms with van der Waals surface area (Å²) in [6, 6.07) is 4.60. The Labute approximate surface area is 123 Å². The molecule has 1 N–H and O–H groups in total. The van der Waals surface area contributed by atoms with Gasteiger partial charge >= 0.3 is 0 Å². The molecule has 1 aromatic carbocycles. The predicted octanol–water partition coefficient (Wildman–Crippen LogP) is 1.87. The van der Waals surface area contributed by atoms with Gasteiger partial charge < -0.3 is 19.5 Å². The van der Waals surface area contributed by atoms with E-state index in [1.807, 2.05) is 6.92 Å². The molecule has 1 heterocycles. The molecule has 0 spiro atoms. The Hall–Kier alpha value is -1.46. The monoisotopic (exact) mass is 299 g/mol. The van der Waals surface area contributed by atoms with Crippen molar-refractivity contribution in [2.75, 3.05) is 26.1 Å². The van der Waals surface area contributed by atoms with Crippen molar-refractivity contribution in [1.29, 1.82) is 0 Å². The molecule has 0 aromatic heterocycles. The number of carbonyl (C=O) groups is 1. The predicted molar refractivity (Wildman–Crippen MR) is 75.6 cm³/mol. The molecule has 1 fully saturated rings. The van der Waals surface area contributed by atoms with Crippen LogP contribution in [0.5, 0.6) is 11.5 Å². The van der Waals surface area contributed by atoms with E-state index in [-0.39, 0.29) is 29.4 Å². The van der Waals surface area contributed by atoms with Crippen molar-refractivity contribution in [3.63, 3.8) is 0 Å². The number of morpholine rings is 1. The highest BCUT2D eigenvalue weighted by molar-refractivity contribution is 6.18. The van der Waals surface area contributed by atoms with Gasteiger partial charge in [0.2, 0.25) is 0 Å². The van der Waals surface area contributed by atoms with Gasteiger partial charge in [-0.05, 0) is 25.1 Å². The number of methoxy groups -OCH3 is 1. The molecule has 20 heavy (non-hydrogen) atoms. The van der Waals surface area contributed by atoms with Crippen molar-refractivity contribution < 1.29 is 19.4 Å². The number of hydrogen-bond donors (Lipinski definition) is 1. The summed E-state index contributed by atoms with van der Waals surface area (Å²) in [5.74, 6) is 0.559. The van der Waals surface area contributed by atoms with Gasteiger partial charge in [0.15, 0.2) is 0 Å². The Morgan fingerprint density at radius 3 is 2.95 bits per heavy atom. The molecule has 0 saturated carbocycles. The number of amides is 1. The lowest BCUT2D eigenvalue weighted by Gasteiger charge is -2.36. The van der Waals surface area contributed by atoms with Crippen molar-refractivity contribution in [3.05, 3.63) is 23.8 Å². The first kappa shape index (κ1) is 14.9. The number of carbonyl (C=O) groups excluding carboxylic acids is 1. The third-order valence-electron chi connectivity index (χ3n) is 3.22. The van der Waals surface area contributed by atoms with Gasteiger partial charge in [-0.15, -0.1) is 11.6 Å². The maximum atomic E-state index is 12.5. The third-order valence-corrected chi connectivity index (χ3v) is 3.56. The van der Waals surface area contributed by atoms with Crippen molar-refractivity contribution >= 4 is 17.5 Å². The number of ether oxygens (including phenoxy) is 2. The fourth-order valence-electron chi connectivity index (χ4n) is 2.28. The lowest BCUT2D eigenvalue weighted by molar-refractivity contribution is -0.0571. The molecule has 6 heteroatoms. The number of alkyl halides is 1. The third kappa shape index (κ3) is 3.16. The minimum atomic E-state index is -0.244. The molecule has 5 nitrogen and oxygen atoms in total. The molecule has 0 aliphatic carbocycles. The van der Waals surface area contributed by atoms with Gasteiger partial charge in [0.25, 0.3) is 5.91 Å². The molecule has 2 atom stereocenters. The number of rotatable bonds is 3. The van der Waals surface area contributed by atoms with Gasteiger partial charge in [0, 0.05) is 13.1 Å². The molecular weight excluding hydrogens is 282 g/mol. The van der Waals surface area contributed by atoms with E-state index in [1.54, 1.807) is 11.0 Å². The molecule has 1 aliphatic rings. The summed E-state index contributed by atoms with van der Waals surface area (Å²) < 4.78 is 10.7. The minimum absolute atomic E-state index is 0.0580. The molecule has 0 bridgehead atoms. The number of nitrogens with zero attached hydrogens (tertiary/aromatic N) is 1. The van der Waals surface area contributed by atoms with Gasteiger partial charge in [-0.25, -0.2) is 0 Å². The van der Waals surface area contributed by atoms with Crippen LogP contribution < -0.4 is 4.74 Å². The van der Waals surface area contributed by atoms with Crippen LogP contribution in [0.25, 0.3) is 0 Å². The largest absolute Gasteiger partial charge is 0.507 e. The lowest BCUT2D eigenvalue weighted by atomic mass is 10.1. The van der Waals surface area contributed by atoms with E-state index in [1.165, 1.54) is 19.2 Å². The SMILES string of the molecule is COc1ccc(O)c(C(=O)N2CC(C)OC(CCl)C2)c1. The summed E-state index contributed by atoms with van der Waals surface area (Å²) in [4.78, 5) is 14.2. The van der Waals surface area contributed by atoms with Gasteiger partial charge in [0.05, 0.1) is 30.8 Å². The van der Waals surface area contributed by atoms with Crippen LogP contribution in [0.3, 0.4) is 0 Å². The summed E-state index contributed by atoms with van der Waals surface area (Å²) in [6.45, 7) is 2.79. The Morgan fingerprint density at radius 1 is 1.55 bits per heavy atom. The van der Waals surface area contributed by atoms with Crippen molar-refractivity contribution in [2.45, 2.75) is 19.1 Å². The van der Waals surface area contributed by atoms with Crippen LogP contribution in [0.1, 0.15) is 17.3 Å². The highest BCUT2D eigenvalue weighted by Crippen LogP contribution is 2.25. The molecule has 1 aliphatic heterocycles. The van der Waals surface area contributed by atoms with E-state index in [4.69, 9.17) is 21.1 Å². The van der Waals surface area contributed by atoms with Crippen LogP contribution in [-0.4, -0.2) is 54.2 Å². The van der Waals surface area contributed by atoms with Crippen LogP contribution in [0.15, 0.2) is 18.2 Å². The minimum Gasteiger partial charge on any atom is -0.507 e. The summed E-state index contributed by atoms with van der Waals surface area (Å²) in [5, 5.41) is 9.86. The standard InChI is InChI=1S/C14H18ClNO4/c1-9-7-16(8-11(6-15)20-9)14(18)12-5-10(19-2)3-4-13(12)17/h3-5,9,11,17H,6-8H2,1-2H3. The van der Waals surface area contributed by atoms with Crippen LogP contribution in [-0.2, 0) is 4.74 Å². The smallest absolute Gasteiger partial charge is 0.257 e. The average molecular weight is 300 g/mol. The molecule has 0 radical (unpaired) electrons. The maximum Gasteiger partial charge on any atom is 0.257 e. The van der Waals surface area contributed by atoms with Crippen molar-refractivity contribution in [1.82, 2.24) is 4.90 Å². The second-order valence-electron chi connectivity index (χ2n) is 4.82. The van der Waals surface area contributed by atoms with Crippen molar-refractivity contribution in [2.24, 2.45) is 0 Å². The maximum absolute atomic E-state index is 12.5. The molecule has 1 aromatic rings. The number of aromatic hydroxyl groups is 1. The first-order valence-electron chi connectivity index (χ1n) is 6.42. The van der Waals surface area contributed by atoms with Crippen LogP contribution in [0.2, 0.25) is 0 Å². The van der Waals surface area contributed by atoms with Gasteiger partial charge in [-0.2, -0.15) is 0 Å². The highest BCUT2D eigenvalue weighted by Gasteiger charge is 2.29. The molecule has 2 rings (SSSR count). The van der Waals surface area contributed by atoms with E-state index >= 15 is 0 Å². The number of phenols is 1. The zero-order valence-corrected chi connectivity index (χ0v) is 12.3. The fourth-order valence-corrected chi connectivity index (χ4v) is 2.45. The Balaban J connectivity index is 2.22. The zero-order valence-electron chi connectivity index (χ0n) is 11.5. The topological polar surface area (TPSA) is 59.0 Å². The fraction of sp³-hybridized carbons (Fsp3) is 0.500. The number of phenolic OH excluding ortho intramolecular Hbond substituents is 1. The average Bonchev–Trinajstić information content (AvgIpc) is 2.46. The number of hydrogen-bond acceptors (Lipinski definition) is 4. The first-order valence-corrected chi connectivity index (χ1v) is 6.96. The van der Waals surface area contributed by atoms with E-state index in [9.17, 15) is 9.90 Å². The molecule has 1 saturated heterocycles. The quantitative estimate of drug-likeness (QED) is 0.866. The normalized spacial score (nSPS) is 22.6. The lowest BCUT2D eigenvalue weighted by Crippen LogP contribution is -2.49. The Bertz CT molecular complexity index is 494. The number of benzene rings is 1. The molecule has 1 amide bonds. The van der Waals surface area contributed by atoms with Crippen LogP contribution in [0, 0.1) is 0 Å². The van der Waals surface area contributed by atoms with E-state index in [0.29, 0.717) is 24.7 Å². The van der Waals surface area contributed by atoms with Crippen LogP contribution >= 0.6 is 11.6 Å². The van der Waals surface area contributed by atoms with Gasteiger partial charge in [0.1, 0.15) is 11.5 Å². The Morgan fingerprint density at radius 2 is 2.30 bits per heavy atom. The summed E-state index contributed by atoms with van der Waals surface area (Å²) in [5.41, 5.74) is 0.228. The van der Waals surface area contributed by atoms with Crippen molar-refractivity contribution in [3.8, 4) is 11.5 Å². The summed E-state index contributed by atoms with van der Waals surface area (Å²) in [7, 11) is 1.51. The molecule has 110 valence electrons. The van der Waals surface area contributed by atoms with E-state index < -0.39 is 0 Å². The zero-order chi connectivity index (χ0) is 14.7. The van der Waals surface area contributed by atoms with Crippen LogP contribution in [0.4, 0.5) is 0 Å². The highest BCUT2D eigenvalue weighted by atomic mass is 35.5. The van der Waals surface area contributed by atoms with Gasteiger partial charge in [-0.3, -0.25) is 4.79 Å². The molecular formula is C14H18ClNO4. The first-order chi connectivity index (χ1) is 9.55. The Kier molecular flexibility index (Phi) is 4.73. The summed E-state index contributed by atoms with van der Waals surface area (Å²) in [6.07, 6.45) is -0.263. The van der Waals surface area contributed by atoms with E-state index in [0.717, 1.165) is 0 Å². The summed E-state index contributed by atoms with van der Waals surface area (Å²) >= 11 is 5.81. The van der Waals surface area contributed by atoms with Gasteiger partial charge in [-0.1, -0.05) is 0 Å². The molecule has 2 unspecified atom stereocenters. The van der Waals surface area contributed by atoms with E-state index in [2.05, 4.69) is 0 Å². The second-order valence-corrected chi connectivity index (χ2v) is 5.12. The number of halogens is 1.